The van der Waals surface area contributed by atoms with Crippen LogP contribution in [0.5, 0.6) is 11.6 Å². The lowest BCUT2D eigenvalue weighted by Gasteiger charge is -2.28. The molecule has 1 unspecified atom stereocenters. The van der Waals surface area contributed by atoms with E-state index in [9.17, 15) is 4.39 Å². The standard InChI is InChI=1S/C18H21FN4O2/c1-20-18(22-10-12-25-17-14(19)6-4-9-21-17)23-15-8-11-24-16-7-3-2-5-13(15)16/h2-7,9,15H,8,10-12H2,1H3,(H2,20,22,23). The molecule has 2 heterocycles. The van der Waals surface area contributed by atoms with E-state index in [-0.39, 0.29) is 18.5 Å². The summed E-state index contributed by atoms with van der Waals surface area (Å²) in [6.45, 7) is 1.41. The molecule has 1 aromatic carbocycles. The third-order valence-corrected chi connectivity index (χ3v) is 3.85. The number of guanidine groups is 1. The molecule has 25 heavy (non-hydrogen) atoms. The van der Waals surface area contributed by atoms with Gasteiger partial charge in [-0.2, -0.15) is 0 Å². The van der Waals surface area contributed by atoms with Gasteiger partial charge in [-0.3, -0.25) is 4.99 Å². The second-order valence-electron chi connectivity index (χ2n) is 5.51. The molecule has 0 saturated carbocycles. The molecule has 1 aliphatic heterocycles. The van der Waals surface area contributed by atoms with Crippen LogP contribution in [-0.4, -0.2) is 37.7 Å². The van der Waals surface area contributed by atoms with Gasteiger partial charge in [-0.25, -0.2) is 9.37 Å². The van der Waals surface area contributed by atoms with E-state index in [2.05, 4.69) is 20.6 Å². The summed E-state index contributed by atoms with van der Waals surface area (Å²) in [6, 6.07) is 10.9. The zero-order valence-electron chi connectivity index (χ0n) is 14.0. The third kappa shape index (κ3) is 4.37. The van der Waals surface area contributed by atoms with Crippen LogP contribution in [0.1, 0.15) is 18.0 Å². The molecule has 2 N–H and O–H groups in total. The number of aliphatic imine (C=N–C) groups is 1. The molecule has 0 radical (unpaired) electrons. The second kappa shape index (κ2) is 8.32. The third-order valence-electron chi connectivity index (χ3n) is 3.85. The summed E-state index contributed by atoms with van der Waals surface area (Å²) in [4.78, 5) is 8.07. The highest BCUT2D eigenvalue weighted by Gasteiger charge is 2.21. The summed E-state index contributed by atoms with van der Waals surface area (Å²) in [5.74, 6) is 1.09. The molecule has 1 aromatic heterocycles. The van der Waals surface area contributed by atoms with E-state index in [0.29, 0.717) is 19.1 Å². The van der Waals surface area contributed by atoms with Crippen molar-refractivity contribution in [1.82, 2.24) is 15.6 Å². The minimum atomic E-state index is -0.469. The highest BCUT2D eigenvalue weighted by molar-refractivity contribution is 5.80. The maximum Gasteiger partial charge on any atom is 0.250 e. The molecule has 7 heteroatoms. The van der Waals surface area contributed by atoms with Crippen molar-refractivity contribution in [3.8, 4) is 11.6 Å². The summed E-state index contributed by atoms with van der Waals surface area (Å²) in [5.41, 5.74) is 1.11. The van der Waals surface area contributed by atoms with Crippen LogP contribution in [0.3, 0.4) is 0 Å². The minimum Gasteiger partial charge on any atom is -0.493 e. The lowest BCUT2D eigenvalue weighted by atomic mass is 10.0. The van der Waals surface area contributed by atoms with Crippen LogP contribution in [0, 0.1) is 5.82 Å². The van der Waals surface area contributed by atoms with Gasteiger partial charge < -0.3 is 20.1 Å². The first-order valence-corrected chi connectivity index (χ1v) is 8.20. The van der Waals surface area contributed by atoms with Gasteiger partial charge in [0.05, 0.1) is 19.2 Å². The van der Waals surface area contributed by atoms with E-state index in [0.717, 1.165) is 17.7 Å². The first-order chi connectivity index (χ1) is 12.3. The van der Waals surface area contributed by atoms with Crippen molar-refractivity contribution in [3.63, 3.8) is 0 Å². The molecule has 6 nitrogen and oxygen atoms in total. The smallest absolute Gasteiger partial charge is 0.250 e. The predicted molar refractivity (Wildman–Crippen MR) is 93.5 cm³/mol. The Hall–Kier alpha value is -2.83. The van der Waals surface area contributed by atoms with E-state index >= 15 is 0 Å². The van der Waals surface area contributed by atoms with Gasteiger partial charge in [0.1, 0.15) is 12.4 Å². The summed E-state index contributed by atoms with van der Waals surface area (Å²) in [5, 5.41) is 6.55. The number of ether oxygens (including phenoxy) is 2. The molecule has 0 saturated heterocycles. The van der Waals surface area contributed by atoms with Crippen molar-refractivity contribution in [2.45, 2.75) is 12.5 Å². The molecule has 0 bridgehead atoms. The Kier molecular flexibility index (Phi) is 5.66. The molecule has 0 aliphatic carbocycles. The number of nitrogens with zero attached hydrogens (tertiary/aromatic N) is 2. The Morgan fingerprint density at radius 3 is 3.08 bits per heavy atom. The number of hydrogen-bond acceptors (Lipinski definition) is 4. The maximum absolute atomic E-state index is 13.4. The van der Waals surface area contributed by atoms with Crippen LogP contribution in [0.25, 0.3) is 0 Å². The number of aromatic nitrogens is 1. The van der Waals surface area contributed by atoms with E-state index < -0.39 is 5.82 Å². The van der Waals surface area contributed by atoms with Crippen molar-refractivity contribution in [1.29, 1.82) is 0 Å². The number of rotatable bonds is 5. The van der Waals surface area contributed by atoms with Gasteiger partial charge in [0.15, 0.2) is 11.8 Å². The van der Waals surface area contributed by atoms with Crippen LogP contribution in [0.4, 0.5) is 4.39 Å². The van der Waals surface area contributed by atoms with Gasteiger partial charge in [-0.15, -0.1) is 0 Å². The fraction of sp³-hybridized carbons (Fsp3) is 0.333. The quantitative estimate of drug-likeness (QED) is 0.495. The van der Waals surface area contributed by atoms with E-state index in [1.807, 2.05) is 24.3 Å². The number of halogens is 1. The molecule has 2 aromatic rings. The highest BCUT2D eigenvalue weighted by Crippen LogP contribution is 2.31. The van der Waals surface area contributed by atoms with E-state index in [4.69, 9.17) is 9.47 Å². The molecule has 1 atom stereocenters. The highest BCUT2D eigenvalue weighted by atomic mass is 19.1. The molecular weight excluding hydrogens is 323 g/mol. The van der Waals surface area contributed by atoms with Crippen LogP contribution >= 0.6 is 0 Å². The summed E-state index contributed by atoms with van der Waals surface area (Å²) in [7, 11) is 1.71. The topological polar surface area (TPSA) is 67.8 Å². The first-order valence-electron chi connectivity index (χ1n) is 8.20. The summed E-state index contributed by atoms with van der Waals surface area (Å²) < 4.78 is 24.4. The predicted octanol–water partition coefficient (Wildman–Crippen LogP) is 2.29. The fourth-order valence-corrected chi connectivity index (χ4v) is 2.65. The van der Waals surface area contributed by atoms with Crippen molar-refractivity contribution in [2.24, 2.45) is 4.99 Å². The Bertz CT molecular complexity index is 739. The average Bonchev–Trinajstić information content (AvgIpc) is 2.65. The number of benzene rings is 1. The van der Waals surface area contributed by atoms with Crippen molar-refractivity contribution in [3.05, 3.63) is 54.0 Å². The van der Waals surface area contributed by atoms with Crippen LogP contribution in [-0.2, 0) is 0 Å². The lowest BCUT2D eigenvalue weighted by Crippen LogP contribution is -2.42. The first kappa shape index (κ1) is 17.0. The van der Waals surface area contributed by atoms with Crippen molar-refractivity contribution < 1.29 is 13.9 Å². The molecule has 3 rings (SSSR count). The van der Waals surface area contributed by atoms with E-state index in [1.165, 1.54) is 18.3 Å². The van der Waals surface area contributed by atoms with Gasteiger partial charge in [0, 0.05) is 25.2 Å². The Morgan fingerprint density at radius 1 is 1.36 bits per heavy atom. The SMILES string of the molecule is CN=C(NCCOc1ncccc1F)NC1CCOc2ccccc21. The number of para-hydroxylation sites is 1. The average molecular weight is 344 g/mol. The maximum atomic E-state index is 13.4. The van der Waals surface area contributed by atoms with E-state index in [1.54, 1.807) is 7.05 Å². The fourth-order valence-electron chi connectivity index (χ4n) is 2.65. The second-order valence-corrected chi connectivity index (χ2v) is 5.51. The Morgan fingerprint density at radius 2 is 2.24 bits per heavy atom. The molecule has 0 amide bonds. The summed E-state index contributed by atoms with van der Waals surface area (Å²) >= 11 is 0. The lowest BCUT2D eigenvalue weighted by molar-refractivity contribution is 0.261. The van der Waals surface area contributed by atoms with Crippen molar-refractivity contribution >= 4 is 5.96 Å². The van der Waals surface area contributed by atoms with Gasteiger partial charge in [-0.05, 0) is 18.2 Å². The number of pyridine rings is 1. The molecule has 0 fully saturated rings. The van der Waals surface area contributed by atoms with Crippen LogP contribution < -0.4 is 20.1 Å². The molecular formula is C18H21FN4O2. The zero-order chi connectivity index (χ0) is 17.5. The molecule has 0 spiro atoms. The zero-order valence-corrected chi connectivity index (χ0v) is 14.0. The molecule has 132 valence electrons. The Balaban J connectivity index is 1.50. The monoisotopic (exact) mass is 344 g/mol. The Labute approximate surface area is 146 Å². The minimum absolute atomic E-state index is 0.00519. The number of hydrogen-bond donors (Lipinski definition) is 2. The van der Waals surface area contributed by atoms with Gasteiger partial charge >= 0.3 is 0 Å². The van der Waals surface area contributed by atoms with Crippen LogP contribution in [0.15, 0.2) is 47.6 Å². The van der Waals surface area contributed by atoms with Gasteiger partial charge in [-0.1, -0.05) is 18.2 Å². The number of nitrogens with one attached hydrogen (secondary N) is 2. The summed E-state index contributed by atoms with van der Waals surface area (Å²) in [6.07, 6.45) is 2.35. The largest absolute Gasteiger partial charge is 0.493 e. The van der Waals surface area contributed by atoms with Gasteiger partial charge in [0.25, 0.3) is 0 Å². The number of fused-ring (bicyclic) bond motifs is 1. The normalized spacial score (nSPS) is 16.6. The van der Waals surface area contributed by atoms with Gasteiger partial charge in [0.2, 0.25) is 5.88 Å². The molecule has 1 aliphatic rings. The van der Waals surface area contributed by atoms with Crippen molar-refractivity contribution in [2.75, 3.05) is 26.8 Å². The van der Waals surface area contributed by atoms with Crippen LogP contribution in [0.2, 0.25) is 0 Å².